The van der Waals surface area contributed by atoms with Crippen LogP contribution in [-0.4, -0.2) is 27.8 Å². The third-order valence-corrected chi connectivity index (χ3v) is 9.03. The zero-order chi connectivity index (χ0) is 20.1. The Balaban J connectivity index is 1.73. The Morgan fingerprint density at radius 3 is 2.68 bits per heavy atom. The Labute approximate surface area is 167 Å². The number of ether oxygens (including phenoxy) is 1. The van der Waals surface area contributed by atoms with Crippen LogP contribution in [0.4, 0.5) is 0 Å². The van der Waals surface area contributed by atoms with Gasteiger partial charge in [0.2, 0.25) is 0 Å². The molecule has 2 aliphatic carbocycles. The molecule has 2 aliphatic heterocycles. The maximum absolute atomic E-state index is 10.8. The normalized spacial score (nSPS) is 40.5. The van der Waals surface area contributed by atoms with E-state index in [0.29, 0.717) is 18.3 Å². The number of fused-ring (bicyclic) bond motifs is 3. The number of aliphatic hydroxyl groups excluding tert-OH is 1. The van der Waals surface area contributed by atoms with Crippen LogP contribution in [0.15, 0.2) is 11.1 Å². The van der Waals surface area contributed by atoms with Gasteiger partial charge in [-0.1, -0.05) is 27.7 Å². The average Bonchev–Trinajstić information content (AvgIpc) is 3.00. The van der Waals surface area contributed by atoms with Crippen LogP contribution in [0.1, 0.15) is 70.1 Å². The quantitative estimate of drug-likeness (QED) is 0.639. The van der Waals surface area contributed by atoms with Gasteiger partial charge in [-0.05, 0) is 49.5 Å². The van der Waals surface area contributed by atoms with Crippen LogP contribution in [0.5, 0.6) is 11.5 Å². The van der Waals surface area contributed by atoms with Crippen LogP contribution in [0, 0.1) is 22.7 Å². The van der Waals surface area contributed by atoms with Crippen molar-refractivity contribution in [1.29, 1.82) is 0 Å². The van der Waals surface area contributed by atoms with Crippen molar-refractivity contribution in [1.82, 2.24) is 0 Å². The number of aliphatic imine (C=N–C) groups is 1. The number of amidine groups is 1. The summed E-state index contributed by atoms with van der Waals surface area (Å²) in [5.74, 6) is 2.32. The first kappa shape index (κ1) is 18.3. The second kappa shape index (κ2) is 5.44. The first-order valence-electron chi connectivity index (χ1n) is 10.7. The highest BCUT2D eigenvalue weighted by molar-refractivity contribution is 6.02. The summed E-state index contributed by atoms with van der Waals surface area (Å²) in [6, 6.07) is 1.77. The van der Waals surface area contributed by atoms with Crippen molar-refractivity contribution >= 4 is 5.84 Å². The molecule has 0 amide bonds. The SMILES string of the molecule is C[C@H]1CC[C@H]2C(C)(C)[C@@H](O)CC[C@]23Oc2c(c(O)cc4c2CN=C4N)C[C@]13C. The van der Waals surface area contributed by atoms with Crippen LogP contribution in [0.25, 0.3) is 0 Å². The van der Waals surface area contributed by atoms with E-state index in [2.05, 4.69) is 32.7 Å². The Bertz CT molecular complexity index is 892. The van der Waals surface area contributed by atoms with Crippen LogP contribution < -0.4 is 10.5 Å². The summed E-state index contributed by atoms with van der Waals surface area (Å²) >= 11 is 0. The molecular formula is C23H32N2O3. The van der Waals surface area contributed by atoms with Crippen molar-refractivity contribution < 1.29 is 14.9 Å². The van der Waals surface area contributed by atoms with Crippen LogP contribution in [0.3, 0.4) is 0 Å². The number of phenolic OH excluding ortho intramolecular Hbond substituents is 1. The van der Waals surface area contributed by atoms with Crippen LogP contribution in [0.2, 0.25) is 0 Å². The molecule has 1 spiro atoms. The van der Waals surface area contributed by atoms with E-state index in [1.807, 2.05) is 0 Å². The molecule has 0 bridgehead atoms. The lowest BCUT2D eigenvalue weighted by Gasteiger charge is -2.67. The molecule has 0 radical (unpaired) electrons. The molecule has 5 heteroatoms. The summed E-state index contributed by atoms with van der Waals surface area (Å²) in [7, 11) is 0. The lowest BCUT2D eigenvalue weighted by molar-refractivity contribution is -0.233. The molecule has 5 rings (SSSR count). The van der Waals surface area contributed by atoms with Gasteiger partial charge < -0.3 is 20.7 Å². The Morgan fingerprint density at radius 1 is 1.18 bits per heavy atom. The van der Waals surface area contributed by atoms with Gasteiger partial charge in [0.25, 0.3) is 0 Å². The van der Waals surface area contributed by atoms with E-state index < -0.39 is 0 Å². The highest BCUT2D eigenvalue weighted by Gasteiger charge is 2.67. The lowest BCUT2D eigenvalue weighted by atomic mass is 9.43. The average molecular weight is 385 g/mol. The van der Waals surface area contributed by atoms with E-state index in [1.165, 1.54) is 0 Å². The van der Waals surface area contributed by atoms with Gasteiger partial charge in [-0.15, -0.1) is 0 Å². The fourth-order valence-corrected chi connectivity index (χ4v) is 6.94. The number of aromatic hydroxyl groups is 1. The summed E-state index contributed by atoms with van der Waals surface area (Å²) in [5.41, 5.74) is 8.19. The maximum Gasteiger partial charge on any atom is 0.132 e. The molecule has 5 atom stereocenters. The van der Waals surface area contributed by atoms with Crippen molar-refractivity contribution in [3.05, 3.63) is 22.8 Å². The Hall–Kier alpha value is -1.75. The predicted molar refractivity (Wildman–Crippen MR) is 109 cm³/mol. The number of hydrogen-bond acceptors (Lipinski definition) is 5. The number of aliphatic hydroxyl groups is 1. The molecule has 4 N–H and O–H groups in total. The molecular weight excluding hydrogens is 352 g/mol. The standard InChI is InChI=1S/C23H32N2O3/c1-12-5-6-17-21(2,3)18(27)7-8-23(17)22(12,4)10-14-16(26)9-13-15(19(14)28-23)11-25-20(13)24/h9,12,17-18,26-27H,5-8,10-11H2,1-4H3,(H2,24,25)/t12-,17-,18-,22+,23-/m0/s1. The van der Waals surface area contributed by atoms with Gasteiger partial charge in [0.1, 0.15) is 22.9 Å². The van der Waals surface area contributed by atoms with E-state index in [-0.39, 0.29) is 34.2 Å². The highest BCUT2D eigenvalue weighted by Crippen LogP contribution is 2.66. The topological polar surface area (TPSA) is 88.1 Å². The van der Waals surface area contributed by atoms with Gasteiger partial charge in [-0.2, -0.15) is 0 Å². The summed E-state index contributed by atoms with van der Waals surface area (Å²) in [4.78, 5) is 4.40. The summed E-state index contributed by atoms with van der Waals surface area (Å²) in [5, 5.41) is 21.6. The van der Waals surface area contributed by atoms with Gasteiger partial charge in [0, 0.05) is 28.0 Å². The molecule has 0 saturated heterocycles. The molecule has 4 aliphatic rings. The van der Waals surface area contributed by atoms with E-state index in [1.54, 1.807) is 6.07 Å². The number of phenols is 1. The molecule has 2 heterocycles. The minimum atomic E-state index is -0.334. The first-order chi connectivity index (χ1) is 13.1. The van der Waals surface area contributed by atoms with Crippen LogP contribution >= 0.6 is 0 Å². The van der Waals surface area contributed by atoms with Crippen molar-refractivity contribution in [2.24, 2.45) is 33.4 Å². The third-order valence-electron chi connectivity index (χ3n) is 9.03. The lowest BCUT2D eigenvalue weighted by Crippen LogP contribution is -2.70. The number of benzene rings is 1. The number of hydrogen-bond donors (Lipinski definition) is 3. The smallest absolute Gasteiger partial charge is 0.132 e. The van der Waals surface area contributed by atoms with Gasteiger partial charge in [-0.3, -0.25) is 4.99 Å². The Kier molecular flexibility index (Phi) is 3.55. The van der Waals surface area contributed by atoms with Crippen molar-refractivity contribution in [3.8, 4) is 11.5 Å². The summed E-state index contributed by atoms with van der Waals surface area (Å²) < 4.78 is 7.06. The molecule has 0 unspecified atom stereocenters. The van der Waals surface area contributed by atoms with E-state index in [9.17, 15) is 10.2 Å². The highest BCUT2D eigenvalue weighted by atomic mass is 16.5. The van der Waals surface area contributed by atoms with Gasteiger partial charge in [0.05, 0.1) is 12.6 Å². The minimum absolute atomic E-state index is 0.0863. The molecule has 152 valence electrons. The van der Waals surface area contributed by atoms with E-state index >= 15 is 0 Å². The van der Waals surface area contributed by atoms with Crippen molar-refractivity contribution in [3.63, 3.8) is 0 Å². The summed E-state index contributed by atoms with van der Waals surface area (Å²) in [6.07, 6.45) is 4.28. The zero-order valence-electron chi connectivity index (χ0n) is 17.4. The molecule has 1 aromatic rings. The van der Waals surface area contributed by atoms with Crippen LogP contribution in [-0.2, 0) is 13.0 Å². The minimum Gasteiger partial charge on any atom is -0.508 e. The van der Waals surface area contributed by atoms with Crippen molar-refractivity contribution in [2.75, 3.05) is 0 Å². The molecule has 5 nitrogen and oxygen atoms in total. The Morgan fingerprint density at radius 2 is 1.93 bits per heavy atom. The zero-order valence-corrected chi connectivity index (χ0v) is 17.4. The molecule has 0 aromatic heterocycles. The van der Waals surface area contributed by atoms with E-state index in [0.717, 1.165) is 54.5 Å². The number of nitrogens with zero attached hydrogens (tertiary/aromatic N) is 1. The maximum atomic E-state index is 10.8. The third kappa shape index (κ3) is 1.99. The van der Waals surface area contributed by atoms with Crippen molar-refractivity contribution in [2.45, 2.75) is 78.0 Å². The second-order valence-electron chi connectivity index (χ2n) is 10.4. The summed E-state index contributed by atoms with van der Waals surface area (Å²) in [6.45, 7) is 9.59. The van der Waals surface area contributed by atoms with Gasteiger partial charge >= 0.3 is 0 Å². The molecule has 2 fully saturated rings. The number of nitrogens with two attached hydrogens (primary N) is 1. The second-order valence-corrected chi connectivity index (χ2v) is 10.4. The molecule has 2 saturated carbocycles. The van der Waals surface area contributed by atoms with E-state index in [4.69, 9.17) is 10.5 Å². The largest absolute Gasteiger partial charge is 0.508 e. The molecule has 28 heavy (non-hydrogen) atoms. The van der Waals surface area contributed by atoms with Gasteiger partial charge in [-0.25, -0.2) is 0 Å². The fourth-order valence-electron chi connectivity index (χ4n) is 6.94. The number of rotatable bonds is 0. The monoisotopic (exact) mass is 384 g/mol. The van der Waals surface area contributed by atoms with Gasteiger partial charge in [0.15, 0.2) is 0 Å². The fraction of sp³-hybridized carbons (Fsp3) is 0.696. The predicted octanol–water partition coefficient (Wildman–Crippen LogP) is 3.52. The molecule has 1 aromatic carbocycles. The first-order valence-corrected chi connectivity index (χ1v) is 10.7.